The summed E-state index contributed by atoms with van der Waals surface area (Å²) in [4.78, 5) is 30.7. The van der Waals surface area contributed by atoms with Gasteiger partial charge in [-0.1, -0.05) is 15.9 Å². The van der Waals surface area contributed by atoms with Gasteiger partial charge in [0, 0.05) is 17.4 Å². The van der Waals surface area contributed by atoms with E-state index in [0.29, 0.717) is 36.1 Å². The second kappa shape index (κ2) is 7.12. The van der Waals surface area contributed by atoms with E-state index >= 15 is 0 Å². The molecule has 0 saturated carbocycles. The van der Waals surface area contributed by atoms with Gasteiger partial charge in [0.25, 0.3) is 5.56 Å². The van der Waals surface area contributed by atoms with Gasteiger partial charge in [0.15, 0.2) is 0 Å². The molecule has 0 aliphatic carbocycles. The van der Waals surface area contributed by atoms with Crippen molar-refractivity contribution < 1.29 is 9.53 Å². The number of aromatic nitrogens is 2. The molecule has 6 nitrogen and oxygen atoms in total. The maximum Gasteiger partial charge on any atom is 0.407 e. The van der Waals surface area contributed by atoms with Gasteiger partial charge in [0.1, 0.15) is 11.4 Å². The van der Waals surface area contributed by atoms with Crippen molar-refractivity contribution in [1.82, 2.24) is 15.3 Å². The topological polar surface area (TPSA) is 84.1 Å². The van der Waals surface area contributed by atoms with Crippen molar-refractivity contribution in [3.63, 3.8) is 0 Å². The Hall–Kier alpha value is -1.89. The number of hydrogen-bond acceptors (Lipinski definition) is 4. The standard InChI is InChI=1S/C16H20BrN3O3/c1-16(2,3)23-15(22)18-8-4-5-13-19-12-9-10(17)6-7-11(12)14(21)20-13/h6-7,9H,4-5,8H2,1-3H3,(H,18,22)(H,19,20,21). The Balaban J connectivity index is 1.93. The van der Waals surface area contributed by atoms with Crippen LogP contribution in [0.25, 0.3) is 10.9 Å². The van der Waals surface area contributed by atoms with Crippen molar-refractivity contribution in [1.29, 1.82) is 0 Å². The quantitative estimate of drug-likeness (QED) is 0.796. The van der Waals surface area contributed by atoms with Crippen molar-refractivity contribution in [2.75, 3.05) is 6.54 Å². The zero-order valence-corrected chi connectivity index (χ0v) is 15.0. The Morgan fingerprint density at radius 2 is 2.13 bits per heavy atom. The van der Waals surface area contributed by atoms with Gasteiger partial charge in [-0.15, -0.1) is 0 Å². The molecule has 1 aromatic heterocycles. The van der Waals surface area contributed by atoms with Gasteiger partial charge >= 0.3 is 6.09 Å². The average molecular weight is 382 g/mol. The molecule has 7 heteroatoms. The third kappa shape index (κ3) is 5.35. The summed E-state index contributed by atoms with van der Waals surface area (Å²) in [7, 11) is 0. The normalized spacial score (nSPS) is 11.5. The van der Waals surface area contributed by atoms with E-state index in [4.69, 9.17) is 4.74 Å². The van der Waals surface area contributed by atoms with Gasteiger partial charge in [-0.05, 0) is 45.4 Å². The maximum atomic E-state index is 12.0. The van der Waals surface area contributed by atoms with Crippen LogP contribution in [0.3, 0.4) is 0 Å². The summed E-state index contributed by atoms with van der Waals surface area (Å²) in [5.74, 6) is 0.603. The smallest absolute Gasteiger partial charge is 0.407 e. The maximum absolute atomic E-state index is 12.0. The van der Waals surface area contributed by atoms with E-state index in [1.54, 1.807) is 6.07 Å². The highest BCUT2D eigenvalue weighted by atomic mass is 79.9. The Morgan fingerprint density at radius 1 is 1.39 bits per heavy atom. The molecular weight excluding hydrogens is 362 g/mol. The molecule has 1 aromatic carbocycles. The molecule has 23 heavy (non-hydrogen) atoms. The number of carbonyl (C=O) groups excluding carboxylic acids is 1. The van der Waals surface area contributed by atoms with Gasteiger partial charge in [-0.2, -0.15) is 0 Å². The number of nitrogens with one attached hydrogen (secondary N) is 2. The summed E-state index contributed by atoms with van der Waals surface area (Å²) in [6.45, 7) is 5.90. The number of halogens is 1. The van der Waals surface area contributed by atoms with Crippen LogP contribution >= 0.6 is 15.9 Å². The Morgan fingerprint density at radius 3 is 2.83 bits per heavy atom. The number of hydrogen-bond donors (Lipinski definition) is 2. The van der Waals surface area contributed by atoms with Crippen LogP contribution in [0.2, 0.25) is 0 Å². The molecule has 0 spiro atoms. The fourth-order valence-electron chi connectivity index (χ4n) is 2.04. The van der Waals surface area contributed by atoms with E-state index in [1.165, 1.54) is 0 Å². The molecule has 0 atom stereocenters. The predicted molar refractivity (Wildman–Crippen MR) is 92.6 cm³/mol. The molecule has 1 amide bonds. The summed E-state index contributed by atoms with van der Waals surface area (Å²) < 4.78 is 6.03. The van der Waals surface area contributed by atoms with Crippen LogP contribution in [-0.2, 0) is 11.2 Å². The second-order valence-electron chi connectivity index (χ2n) is 6.21. The zero-order chi connectivity index (χ0) is 17.0. The van der Waals surface area contributed by atoms with Crippen molar-refractivity contribution in [3.8, 4) is 0 Å². The molecular formula is C16H20BrN3O3. The molecule has 2 N–H and O–H groups in total. The van der Waals surface area contributed by atoms with Crippen LogP contribution in [0.4, 0.5) is 4.79 Å². The molecule has 0 radical (unpaired) electrons. The summed E-state index contributed by atoms with van der Waals surface area (Å²) in [6.07, 6.45) is 0.774. The van der Waals surface area contributed by atoms with Gasteiger partial charge < -0.3 is 15.0 Å². The van der Waals surface area contributed by atoms with Crippen LogP contribution in [-0.4, -0.2) is 28.2 Å². The number of ether oxygens (including phenoxy) is 1. The lowest BCUT2D eigenvalue weighted by molar-refractivity contribution is 0.0527. The number of aromatic amines is 1. The first-order valence-electron chi connectivity index (χ1n) is 7.40. The number of alkyl carbamates (subject to hydrolysis) is 1. The van der Waals surface area contributed by atoms with Crippen molar-refractivity contribution >= 4 is 32.9 Å². The molecule has 1 heterocycles. The summed E-state index contributed by atoms with van der Waals surface area (Å²) in [5, 5.41) is 3.24. The fraction of sp³-hybridized carbons (Fsp3) is 0.438. The Labute approximate surface area is 142 Å². The summed E-state index contributed by atoms with van der Waals surface area (Å²) in [6, 6.07) is 5.36. The summed E-state index contributed by atoms with van der Waals surface area (Å²) in [5.41, 5.74) is -0.0152. The van der Waals surface area contributed by atoms with E-state index in [0.717, 1.165) is 4.47 Å². The Bertz CT molecular complexity index is 765. The highest BCUT2D eigenvalue weighted by molar-refractivity contribution is 9.10. The van der Waals surface area contributed by atoms with Crippen molar-refractivity contribution in [2.45, 2.75) is 39.2 Å². The number of aryl methyl sites for hydroxylation is 1. The molecule has 2 aromatic rings. The average Bonchev–Trinajstić information content (AvgIpc) is 2.41. The third-order valence-corrected chi connectivity index (χ3v) is 3.47. The van der Waals surface area contributed by atoms with Crippen LogP contribution < -0.4 is 10.9 Å². The first-order valence-corrected chi connectivity index (χ1v) is 8.19. The number of benzene rings is 1. The summed E-state index contributed by atoms with van der Waals surface area (Å²) >= 11 is 3.37. The SMILES string of the molecule is CC(C)(C)OC(=O)NCCCc1nc2cc(Br)ccc2c(=O)[nH]1. The minimum atomic E-state index is -0.511. The lowest BCUT2D eigenvalue weighted by Gasteiger charge is -2.19. The van der Waals surface area contributed by atoms with E-state index in [2.05, 4.69) is 31.2 Å². The lowest BCUT2D eigenvalue weighted by atomic mass is 10.2. The Kier molecular flexibility index (Phi) is 5.41. The highest BCUT2D eigenvalue weighted by Crippen LogP contribution is 2.15. The van der Waals surface area contributed by atoms with Crippen LogP contribution in [0.5, 0.6) is 0 Å². The molecule has 0 aliphatic rings. The molecule has 124 valence electrons. The second-order valence-corrected chi connectivity index (χ2v) is 7.12. The number of H-pyrrole nitrogens is 1. The van der Waals surface area contributed by atoms with Crippen LogP contribution in [0.15, 0.2) is 27.5 Å². The van der Waals surface area contributed by atoms with Crippen LogP contribution in [0.1, 0.15) is 33.0 Å². The van der Waals surface area contributed by atoms with Gasteiger partial charge in [-0.3, -0.25) is 4.79 Å². The van der Waals surface area contributed by atoms with Gasteiger partial charge in [-0.25, -0.2) is 9.78 Å². The van der Waals surface area contributed by atoms with Crippen molar-refractivity contribution in [3.05, 3.63) is 38.9 Å². The molecule has 0 aliphatic heterocycles. The number of fused-ring (bicyclic) bond motifs is 1. The van der Waals surface area contributed by atoms with E-state index in [-0.39, 0.29) is 5.56 Å². The van der Waals surface area contributed by atoms with E-state index < -0.39 is 11.7 Å². The van der Waals surface area contributed by atoms with E-state index in [1.807, 2.05) is 32.9 Å². The lowest BCUT2D eigenvalue weighted by Crippen LogP contribution is -2.33. The number of amides is 1. The number of carbonyl (C=O) groups is 1. The molecule has 0 saturated heterocycles. The monoisotopic (exact) mass is 381 g/mol. The third-order valence-electron chi connectivity index (χ3n) is 2.98. The molecule has 0 unspecified atom stereocenters. The first-order chi connectivity index (χ1) is 10.7. The van der Waals surface area contributed by atoms with Gasteiger partial charge in [0.05, 0.1) is 10.9 Å². The number of rotatable bonds is 4. The van der Waals surface area contributed by atoms with Gasteiger partial charge in [0.2, 0.25) is 0 Å². The first kappa shape index (κ1) is 17.5. The number of nitrogens with zero attached hydrogens (tertiary/aromatic N) is 1. The highest BCUT2D eigenvalue weighted by Gasteiger charge is 2.15. The molecule has 0 fully saturated rings. The largest absolute Gasteiger partial charge is 0.444 e. The minimum Gasteiger partial charge on any atom is -0.444 e. The van der Waals surface area contributed by atoms with E-state index in [9.17, 15) is 9.59 Å². The predicted octanol–water partition coefficient (Wildman–Crippen LogP) is 3.14. The van der Waals surface area contributed by atoms with Crippen molar-refractivity contribution in [2.24, 2.45) is 0 Å². The minimum absolute atomic E-state index is 0.155. The molecule has 2 rings (SSSR count). The fourth-order valence-corrected chi connectivity index (χ4v) is 2.39. The zero-order valence-electron chi connectivity index (χ0n) is 13.4. The van der Waals surface area contributed by atoms with Crippen LogP contribution in [0, 0.1) is 0 Å². The molecule has 0 bridgehead atoms.